The molecule has 2 fully saturated rings. The van der Waals surface area contributed by atoms with Gasteiger partial charge in [0.15, 0.2) is 0 Å². The van der Waals surface area contributed by atoms with Crippen molar-refractivity contribution in [2.45, 2.75) is 31.9 Å². The molecule has 0 radical (unpaired) electrons. The number of hydrogen-bond acceptors (Lipinski definition) is 5. The van der Waals surface area contributed by atoms with Crippen molar-refractivity contribution in [2.24, 2.45) is 0 Å². The fourth-order valence-corrected chi connectivity index (χ4v) is 4.23. The fraction of sp³-hybridized carbons (Fsp3) is 0.917. The molecule has 0 N–H and O–H groups in total. The van der Waals surface area contributed by atoms with Gasteiger partial charge in [0.1, 0.15) is 0 Å². The molecule has 2 atom stereocenters. The second-order valence-corrected chi connectivity index (χ2v) is 7.17. The quantitative estimate of drug-likeness (QED) is 0.729. The first-order valence-electron chi connectivity index (χ1n) is 6.76. The number of sulfonamides is 1. The van der Waals surface area contributed by atoms with Gasteiger partial charge in [-0.15, -0.1) is 0 Å². The average Bonchev–Trinajstić information content (AvgIpc) is 2.90. The van der Waals surface area contributed by atoms with E-state index in [0.717, 1.165) is 12.8 Å². The monoisotopic (exact) mass is 287 g/mol. The van der Waals surface area contributed by atoms with E-state index in [1.54, 1.807) is 0 Å². The van der Waals surface area contributed by atoms with E-state index in [1.165, 1.54) is 4.31 Å². The first-order valence-corrected chi connectivity index (χ1v) is 8.37. The van der Waals surface area contributed by atoms with E-state index in [0.29, 0.717) is 32.8 Å². The third-order valence-electron chi connectivity index (χ3n) is 3.82. The van der Waals surface area contributed by atoms with E-state index < -0.39 is 10.0 Å². The molecule has 0 saturated carbocycles. The summed E-state index contributed by atoms with van der Waals surface area (Å²) >= 11 is 0. The maximum absolute atomic E-state index is 12.3. The van der Waals surface area contributed by atoms with Gasteiger partial charge in [0.2, 0.25) is 10.0 Å². The van der Waals surface area contributed by atoms with Crippen LogP contribution in [0.2, 0.25) is 0 Å². The van der Waals surface area contributed by atoms with Crippen LogP contribution in [0.4, 0.5) is 0 Å². The van der Waals surface area contributed by atoms with Gasteiger partial charge in [0.25, 0.3) is 0 Å². The average molecular weight is 287 g/mol. The first kappa shape index (κ1) is 14.7. The Kier molecular flexibility index (Phi) is 4.79. The molecule has 0 bridgehead atoms. The highest BCUT2D eigenvalue weighted by atomic mass is 32.2. The molecule has 0 aliphatic carbocycles. The summed E-state index contributed by atoms with van der Waals surface area (Å²) in [6, 6.07) is 2.03. The standard InChI is InChI=1S/C12H21N3O3S/c1-11(9-13)14-4-6-15(7-5-14)19(16,17)10-12-3-2-8-18-12/h11-12H,2-8,10H2,1H3. The van der Waals surface area contributed by atoms with Gasteiger partial charge in [-0.2, -0.15) is 9.57 Å². The summed E-state index contributed by atoms with van der Waals surface area (Å²) in [4.78, 5) is 2.01. The summed E-state index contributed by atoms with van der Waals surface area (Å²) in [5.74, 6) is 0.0980. The lowest BCUT2D eigenvalue weighted by molar-refractivity contribution is 0.124. The van der Waals surface area contributed by atoms with Gasteiger partial charge in [-0.1, -0.05) is 0 Å². The molecule has 2 aliphatic heterocycles. The Labute approximate surface area is 115 Å². The minimum absolute atomic E-state index is 0.0980. The lowest BCUT2D eigenvalue weighted by Gasteiger charge is -2.35. The number of nitriles is 1. The topological polar surface area (TPSA) is 73.6 Å². The molecule has 0 amide bonds. The molecule has 2 aliphatic rings. The van der Waals surface area contributed by atoms with Crippen LogP contribution in [-0.2, 0) is 14.8 Å². The van der Waals surface area contributed by atoms with Gasteiger partial charge < -0.3 is 4.74 Å². The number of rotatable bonds is 4. The van der Waals surface area contributed by atoms with Crippen molar-refractivity contribution in [3.63, 3.8) is 0 Å². The molecule has 2 rings (SSSR count). The molecule has 2 unspecified atom stereocenters. The van der Waals surface area contributed by atoms with Crippen molar-refractivity contribution in [3.8, 4) is 6.07 Å². The zero-order chi connectivity index (χ0) is 13.9. The Hall–Kier alpha value is -0.680. The Morgan fingerprint density at radius 3 is 2.58 bits per heavy atom. The smallest absolute Gasteiger partial charge is 0.216 e. The summed E-state index contributed by atoms with van der Waals surface area (Å²) in [6.45, 7) is 4.71. The van der Waals surface area contributed by atoms with Crippen molar-refractivity contribution in [1.82, 2.24) is 9.21 Å². The fourth-order valence-electron chi connectivity index (χ4n) is 2.57. The first-order chi connectivity index (χ1) is 9.03. The molecule has 0 spiro atoms. The highest BCUT2D eigenvalue weighted by Crippen LogP contribution is 2.17. The van der Waals surface area contributed by atoms with E-state index in [-0.39, 0.29) is 17.9 Å². The van der Waals surface area contributed by atoms with Crippen LogP contribution in [0.1, 0.15) is 19.8 Å². The molecule has 0 aromatic carbocycles. The lowest BCUT2D eigenvalue weighted by atomic mass is 10.2. The Bertz CT molecular complexity index is 432. The summed E-state index contributed by atoms with van der Waals surface area (Å²) in [6.07, 6.45) is 1.65. The van der Waals surface area contributed by atoms with E-state index in [4.69, 9.17) is 10.00 Å². The van der Waals surface area contributed by atoms with Gasteiger partial charge in [-0.25, -0.2) is 8.42 Å². The van der Waals surface area contributed by atoms with Crippen LogP contribution in [-0.4, -0.2) is 68.3 Å². The van der Waals surface area contributed by atoms with Gasteiger partial charge in [-0.3, -0.25) is 4.90 Å². The molecule has 19 heavy (non-hydrogen) atoms. The maximum atomic E-state index is 12.3. The van der Waals surface area contributed by atoms with Crippen LogP contribution >= 0.6 is 0 Å². The van der Waals surface area contributed by atoms with Crippen molar-refractivity contribution >= 4 is 10.0 Å². The molecule has 6 nitrogen and oxygen atoms in total. The summed E-state index contributed by atoms with van der Waals surface area (Å²) in [5.41, 5.74) is 0. The number of hydrogen-bond donors (Lipinski definition) is 0. The predicted molar refractivity (Wildman–Crippen MR) is 71.0 cm³/mol. The van der Waals surface area contributed by atoms with Crippen molar-refractivity contribution < 1.29 is 13.2 Å². The molecule has 0 aromatic rings. The third kappa shape index (κ3) is 3.66. The Morgan fingerprint density at radius 2 is 2.05 bits per heavy atom. The van der Waals surface area contributed by atoms with E-state index in [2.05, 4.69) is 6.07 Å². The van der Waals surface area contributed by atoms with Gasteiger partial charge in [0.05, 0.1) is 24.0 Å². The normalized spacial score (nSPS) is 28.1. The minimum Gasteiger partial charge on any atom is -0.377 e. The van der Waals surface area contributed by atoms with Crippen LogP contribution in [0.3, 0.4) is 0 Å². The van der Waals surface area contributed by atoms with Crippen molar-refractivity contribution in [3.05, 3.63) is 0 Å². The van der Waals surface area contributed by atoms with Gasteiger partial charge in [0, 0.05) is 32.8 Å². The highest BCUT2D eigenvalue weighted by molar-refractivity contribution is 7.89. The molecule has 0 aromatic heterocycles. The Morgan fingerprint density at radius 1 is 1.37 bits per heavy atom. The summed E-state index contributed by atoms with van der Waals surface area (Å²) in [5, 5.41) is 8.86. The largest absolute Gasteiger partial charge is 0.377 e. The Balaban J connectivity index is 1.87. The SMILES string of the molecule is CC(C#N)N1CCN(S(=O)(=O)CC2CCCO2)CC1. The third-order valence-corrected chi connectivity index (χ3v) is 5.77. The van der Waals surface area contributed by atoms with E-state index >= 15 is 0 Å². The van der Waals surface area contributed by atoms with Crippen LogP contribution in [0.15, 0.2) is 0 Å². The van der Waals surface area contributed by atoms with Crippen LogP contribution in [0, 0.1) is 11.3 Å². The number of ether oxygens (including phenoxy) is 1. The number of nitrogens with zero attached hydrogens (tertiary/aromatic N) is 3. The highest BCUT2D eigenvalue weighted by Gasteiger charge is 2.31. The van der Waals surface area contributed by atoms with Gasteiger partial charge in [-0.05, 0) is 19.8 Å². The zero-order valence-corrected chi connectivity index (χ0v) is 12.1. The molecule has 108 valence electrons. The second kappa shape index (κ2) is 6.18. The lowest BCUT2D eigenvalue weighted by Crippen LogP contribution is -2.52. The van der Waals surface area contributed by atoms with Crippen LogP contribution < -0.4 is 0 Å². The number of piperazine rings is 1. The van der Waals surface area contributed by atoms with Crippen molar-refractivity contribution in [2.75, 3.05) is 38.5 Å². The summed E-state index contributed by atoms with van der Waals surface area (Å²) in [7, 11) is -3.22. The molecule has 7 heteroatoms. The van der Waals surface area contributed by atoms with Crippen LogP contribution in [0.5, 0.6) is 0 Å². The predicted octanol–water partition coefficient (Wildman–Crippen LogP) is 0.0249. The van der Waals surface area contributed by atoms with Crippen LogP contribution in [0.25, 0.3) is 0 Å². The maximum Gasteiger partial charge on any atom is 0.216 e. The van der Waals surface area contributed by atoms with Gasteiger partial charge >= 0.3 is 0 Å². The molecular formula is C12H21N3O3S. The van der Waals surface area contributed by atoms with Crippen molar-refractivity contribution in [1.29, 1.82) is 5.26 Å². The molecular weight excluding hydrogens is 266 g/mol. The van der Waals surface area contributed by atoms with E-state index in [1.807, 2.05) is 11.8 Å². The molecule has 2 heterocycles. The second-order valence-electron chi connectivity index (χ2n) is 5.15. The minimum atomic E-state index is -3.22. The molecule has 2 saturated heterocycles. The zero-order valence-electron chi connectivity index (χ0n) is 11.3. The summed E-state index contributed by atoms with van der Waals surface area (Å²) < 4.78 is 31.4. The van der Waals surface area contributed by atoms with E-state index in [9.17, 15) is 8.42 Å².